The van der Waals surface area contributed by atoms with Crippen LogP contribution in [0, 0.1) is 0 Å². The van der Waals surface area contributed by atoms with Crippen LogP contribution in [0.4, 0.5) is 0 Å². The second kappa shape index (κ2) is 26.7. The van der Waals surface area contributed by atoms with Gasteiger partial charge in [0.1, 0.15) is 79.4 Å². The van der Waals surface area contributed by atoms with Crippen molar-refractivity contribution >= 4 is 32.5 Å². The van der Waals surface area contributed by atoms with Crippen LogP contribution in [0.15, 0.2) is 24.3 Å². The number of carbonyl (C=O) groups excluding carboxylic acids is 1. The van der Waals surface area contributed by atoms with Crippen LogP contribution in [0.3, 0.4) is 0 Å². The molecule has 0 saturated carbocycles. The van der Waals surface area contributed by atoms with E-state index < -0.39 is 209 Å². The summed E-state index contributed by atoms with van der Waals surface area (Å²) in [6.45, 7) is 11.9. The predicted molar refractivity (Wildman–Crippen MR) is 276 cm³/mol. The van der Waals surface area contributed by atoms with Gasteiger partial charge < -0.3 is 120 Å². The van der Waals surface area contributed by atoms with Crippen LogP contribution in [-0.2, 0) is 81.6 Å². The summed E-state index contributed by atoms with van der Waals surface area (Å²) in [4.78, 5) is 12.1. The van der Waals surface area contributed by atoms with E-state index >= 15 is 0 Å². The number of phenolic OH excluding ortho intramolecular Hbond substituents is 1. The van der Waals surface area contributed by atoms with E-state index in [0.717, 1.165) is 12.1 Å². The summed E-state index contributed by atoms with van der Waals surface area (Å²) in [6, 6.07) is 3.70. The number of hydrogen-bond donors (Lipinski definition) is 14. The average Bonchev–Trinajstić information content (AvgIpc) is 2.46. The molecule has 476 valence electrons. The fourth-order valence-electron chi connectivity index (χ4n) is 10.8. The summed E-state index contributed by atoms with van der Waals surface area (Å²) in [5.74, 6) is -2.31. The third kappa shape index (κ3) is 16.4. The van der Waals surface area contributed by atoms with E-state index in [4.69, 9.17) is 77.0 Å². The van der Waals surface area contributed by atoms with Gasteiger partial charge in [0.15, 0.2) is 49.1 Å². The molecule has 6 heterocycles. The molecular weight excluding hydrogens is 1160 g/mol. The maximum absolute atomic E-state index is 12.1. The maximum Gasteiger partial charge on any atom is 0.397 e. The molecule has 0 aromatic heterocycles. The fourth-order valence-corrected chi connectivity index (χ4v) is 11.7. The van der Waals surface area contributed by atoms with Gasteiger partial charge in [0.25, 0.3) is 10.1 Å². The number of benzene rings is 1. The zero-order valence-electron chi connectivity index (χ0n) is 46.5. The molecule has 0 unspecified atom stereocenters. The number of aliphatic hydroxyl groups excluding tert-OH is 8. The molecule has 32 nitrogen and oxygen atoms in total. The van der Waals surface area contributed by atoms with Gasteiger partial charge in [-0.25, -0.2) is 4.18 Å². The van der Waals surface area contributed by atoms with Gasteiger partial charge in [-0.2, -0.15) is 16.8 Å². The Morgan fingerprint density at radius 2 is 1.07 bits per heavy atom. The summed E-state index contributed by atoms with van der Waals surface area (Å²) in [7, 11) is -9.62. The van der Waals surface area contributed by atoms with Crippen molar-refractivity contribution in [2.75, 3.05) is 12.3 Å². The van der Waals surface area contributed by atoms with Crippen LogP contribution >= 0.6 is 0 Å². The van der Waals surface area contributed by atoms with Crippen LogP contribution in [0.25, 0.3) is 6.08 Å². The Hall–Kier alpha value is -3.03. The Kier molecular flexibility index (Phi) is 21.7. The van der Waals surface area contributed by atoms with Crippen LogP contribution < -0.4 is 21.5 Å². The number of carbonyl (C=O) groups is 1. The molecule has 7 rings (SSSR count). The van der Waals surface area contributed by atoms with E-state index in [1.54, 1.807) is 34.6 Å². The van der Waals surface area contributed by atoms with E-state index in [9.17, 15) is 72.1 Å². The second-order valence-corrected chi connectivity index (χ2v) is 25.0. The zero-order valence-corrected chi connectivity index (χ0v) is 48.1. The Bertz CT molecular complexity index is 2610. The summed E-state index contributed by atoms with van der Waals surface area (Å²) in [6.07, 6.45) is -34.3. The highest BCUT2D eigenvalue weighted by Crippen LogP contribution is 2.40. The number of nitrogens with two attached hydrogens (primary N) is 2. The van der Waals surface area contributed by atoms with Gasteiger partial charge in [-0.3, -0.25) is 13.9 Å². The van der Waals surface area contributed by atoms with Crippen molar-refractivity contribution in [1.29, 1.82) is 0 Å². The smallest absolute Gasteiger partial charge is 0.397 e. The van der Waals surface area contributed by atoms with Crippen molar-refractivity contribution in [3.05, 3.63) is 29.8 Å². The van der Waals surface area contributed by atoms with Crippen molar-refractivity contribution in [1.82, 2.24) is 5.32 Å². The molecule has 0 radical (unpaired) electrons. The third-order valence-electron chi connectivity index (χ3n) is 15.2. The fraction of sp³-hybridized carbons (Fsp3) is 0.816. The number of hydrogen-bond acceptors (Lipinski definition) is 29. The van der Waals surface area contributed by atoms with Crippen LogP contribution in [0.1, 0.15) is 73.8 Å². The van der Waals surface area contributed by atoms with Crippen LogP contribution in [0.5, 0.6) is 11.5 Å². The van der Waals surface area contributed by atoms with Crippen molar-refractivity contribution in [2.45, 2.75) is 239 Å². The van der Waals surface area contributed by atoms with E-state index in [2.05, 4.69) is 5.32 Å². The highest BCUT2D eigenvalue weighted by atomic mass is 32.3. The quantitative estimate of drug-likeness (QED) is 0.0458. The normalized spacial score (nSPS) is 45.7. The summed E-state index contributed by atoms with van der Waals surface area (Å²) < 4.78 is 141. The Balaban J connectivity index is 0.922. The molecule has 16 N–H and O–H groups in total. The van der Waals surface area contributed by atoms with Crippen molar-refractivity contribution in [2.24, 2.45) is 11.5 Å². The molecule has 6 aliphatic heterocycles. The summed E-state index contributed by atoms with van der Waals surface area (Å²) in [5.41, 5.74) is 11.2. The Morgan fingerprint density at radius 1 is 0.590 bits per heavy atom. The largest absolute Gasteiger partial charge is 0.504 e. The maximum atomic E-state index is 12.1. The van der Waals surface area contributed by atoms with Gasteiger partial charge >= 0.3 is 10.4 Å². The monoisotopic (exact) mass is 1240 g/mol. The SMILES string of the molecule is C[C@@H]1O[C@@H](O[C@H]2[C@@H](O)[C@@H](C)O[C@@H](O[C@@H]3[C@@H](C)O[C@@H](O[C@@H]4[C@H](O)[C@@H](O)[C@H](O[C@@H]5[C@@H](C)O[C@@H](O[C@@H]6[C@H](O)[C@@H](OS(=O)(=O)O)[C@H](Oc7ccc(C=CC(=O)NCCS(=O)(=O)O)cc7O)O[C@@H]6C)C[C@]5(C)N)O[C@@H]4C)C[C@]3(C)N)[C@@H]2O)[C@H](O)[C@H](O)[C@H]1O. The number of aliphatic hydroxyl groups is 8. The lowest BCUT2D eigenvalue weighted by atomic mass is 9.85. The first kappa shape index (κ1) is 67.5. The summed E-state index contributed by atoms with van der Waals surface area (Å²) >= 11 is 0. The minimum absolute atomic E-state index is 0.0787. The molecule has 83 heavy (non-hydrogen) atoms. The molecule has 1 amide bonds. The standard InChI is InChI=1S/C49H79N3O29S2/c1-18-30(55)32(57)34(59)44(71-18)78-40-31(56)19(2)72-46(37(40)62)80-43-23(6)69-28(16-49(43,8)51)76-38-20(3)73-45(35(60)33(38)58)79-42-22(5)70-29(17-48(42,7)50)77-39-21(4)74-47(41(36(39)61)81-83(66,67)68)75-26-11-9-24(15-25(26)53)10-12-27(54)52-13-14-82(63,64)65/h9-12,15,18-23,28-47,53,55-62H,13-14,16-17,50-51H2,1-8H3,(H,52,54)(H,63,64,65)(H,66,67,68)/t18-,19+,20+,21+,22+,23+,28-,29-,30-,31-,32+,33+,34+,35+,36-,37+,38-,39-,40-,41+,42+,43+,44-,45-,46-,47-,48-,49-/m0/s1. The van der Waals surface area contributed by atoms with Crippen molar-refractivity contribution in [3.8, 4) is 11.5 Å². The number of phenols is 1. The van der Waals surface area contributed by atoms with E-state index in [-0.39, 0.29) is 30.7 Å². The molecule has 34 heteroatoms. The molecule has 1 aromatic carbocycles. The Labute approximate surface area is 478 Å². The van der Waals surface area contributed by atoms with Gasteiger partial charge in [-0.1, -0.05) is 6.07 Å². The molecule has 6 aliphatic rings. The van der Waals surface area contributed by atoms with Crippen molar-refractivity contribution < 1.29 is 138 Å². The number of amides is 1. The first-order valence-corrected chi connectivity index (χ1v) is 29.7. The molecule has 0 aliphatic carbocycles. The van der Waals surface area contributed by atoms with Crippen molar-refractivity contribution in [3.63, 3.8) is 0 Å². The first-order chi connectivity index (χ1) is 38.4. The average molecular weight is 1240 g/mol. The zero-order chi connectivity index (χ0) is 61.6. The van der Waals surface area contributed by atoms with Crippen LogP contribution in [0.2, 0.25) is 0 Å². The minimum Gasteiger partial charge on any atom is -0.504 e. The lowest BCUT2D eigenvalue weighted by Gasteiger charge is -2.51. The van der Waals surface area contributed by atoms with Gasteiger partial charge in [0.2, 0.25) is 12.2 Å². The molecule has 6 fully saturated rings. The predicted octanol–water partition coefficient (Wildman–Crippen LogP) is -4.53. The first-order valence-electron chi connectivity index (χ1n) is 26.7. The molecular formula is C49H79N3O29S2. The van der Waals surface area contributed by atoms with E-state index in [1.165, 1.54) is 39.0 Å². The number of rotatable bonds is 19. The minimum atomic E-state index is -5.31. The van der Waals surface area contributed by atoms with Gasteiger partial charge in [0.05, 0.1) is 42.4 Å². The second-order valence-electron chi connectivity index (χ2n) is 22.4. The highest BCUT2D eigenvalue weighted by molar-refractivity contribution is 7.85. The third-order valence-corrected chi connectivity index (χ3v) is 16.4. The molecule has 0 bridgehead atoms. The molecule has 0 spiro atoms. The van der Waals surface area contributed by atoms with Gasteiger partial charge in [-0.05, 0) is 79.2 Å². The topological polar surface area (TPSA) is 492 Å². The number of aromatic hydroxyl groups is 1. The lowest BCUT2D eigenvalue weighted by Crippen LogP contribution is -2.68. The van der Waals surface area contributed by atoms with Gasteiger partial charge in [0, 0.05) is 36.5 Å². The molecule has 1 aromatic rings. The highest BCUT2D eigenvalue weighted by Gasteiger charge is 2.56. The number of ether oxygens (including phenoxy) is 12. The number of nitrogens with one attached hydrogen (secondary N) is 1. The van der Waals surface area contributed by atoms with E-state index in [1.807, 2.05) is 0 Å². The lowest BCUT2D eigenvalue weighted by molar-refractivity contribution is -0.374. The molecule has 6 saturated heterocycles. The van der Waals surface area contributed by atoms with Gasteiger partial charge in [-0.15, -0.1) is 0 Å². The summed E-state index contributed by atoms with van der Waals surface area (Å²) in [5, 5.41) is 101. The van der Waals surface area contributed by atoms with Crippen LogP contribution in [-0.4, -0.2) is 261 Å². The van der Waals surface area contributed by atoms with E-state index in [0.29, 0.717) is 0 Å². The Morgan fingerprint density at radius 3 is 1.59 bits per heavy atom. The molecule has 28 atom stereocenters.